The number of piperidine rings is 1. The van der Waals surface area contributed by atoms with Gasteiger partial charge in [-0.3, -0.25) is 4.79 Å². The Morgan fingerprint density at radius 2 is 1.78 bits per heavy atom. The molecule has 7 nitrogen and oxygen atoms in total. The second kappa shape index (κ2) is 8.88. The summed E-state index contributed by atoms with van der Waals surface area (Å²) < 4.78 is 5.29. The fraction of sp³-hybridized carbons (Fsp3) is 0.550. The second-order valence-corrected chi connectivity index (χ2v) is 7.81. The molecule has 0 aliphatic carbocycles. The molecule has 7 heteroatoms. The van der Waals surface area contributed by atoms with Crippen LogP contribution in [0, 0.1) is 5.92 Å². The van der Waals surface area contributed by atoms with Crippen LogP contribution in [0.4, 0.5) is 4.79 Å². The second-order valence-electron chi connectivity index (χ2n) is 7.81. The molecule has 1 aliphatic heterocycles. The number of carbonyl (C=O) groups is 3. The molecule has 0 saturated carbocycles. The summed E-state index contributed by atoms with van der Waals surface area (Å²) in [6.07, 6.45) is 0.401. The third-order valence-electron chi connectivity index (χ3n) is 4.41. The number of aliphatic carboxylic acids is 1. The average Bonchev–Trinajstić information content (AvgIpc) is 2.60. The van der Waals surface area contributed by atoms with Crippen molar-refractivity contribution in [2.24, 2.45) is 5.92 Å². The zero-order valence-corrected chi connectivity index (χ0v) is 16.1. The molecule has 1 N–H and O–H groups in total. The monoisotopic (exact) mass is 375 g/mol. The van der Waals surface area contributed by atoms with Crippen LogP contribution in [0.2, 0.25) is 0 Å². The summed E-state index contributed by atoms with van der Waals surface area (Å²) in [7, 11) is 0. The van der Waals surface area contributed by atoms with Crippen molar-refractivity contribution in [1.29, 1.82) is 0 Å². The van der Waals surface area contributed by atoms with Crippen molar-refractivity contribution in [1.82, 2.24) is 10.2 Å². The Labute approximate surface area is 159 Å². The highest BCUT2D eigenvalue weighted by Crippen LogP contribution is 2.18. The first-order valence-corrected chi connectivity index (χ1v) is 9.19. The predicted molar refractivity (Wildman–Crippen MR) is 97.6 cm³/mol. The summed E-state index contributed by atoms with van der Waals surface area (Å²) in [6, 6.07) is 8.62. The van der Waals surface area contributed by atoms with E-state index in [-0.39, 0.29) is 5.91 Å². The van der Waals surface area contributed by atoms with E-state index in [0.29, 0.717) is 32.4 Å². The number of hydrogen-bond acceptors (Lipinski definition) is 5. The third kappa shape index (κ3) is 6.58. The van der Waals surface area contributed by atoms with Gasteiger partial charge in [0.2, 0.25) is 5.91 Å². The van der Waals surface area contributed by atoms with Gasteiger partial charge >= 0.3 is 6.09 Å². The standard InChI is InChI=1S/C20H28N2O5/c1-20(2,3)27-19(26)21-16(13-14-7-5-4-6-8-14)17(23)22-11-9-15(10-12-22)18(24)25/h4-8,15-16H,9-13H2,1-3H3,(H,21,26)(H,24,25)/p-1/t16-/m0/s1. The maximum absolute atomic E-state index is 13.0. The molecule has 2 rings (SSSR count). The van der Waals surface area contributed by atoms with E-state index in [1.807, 2.05) is 30.3 Å². The number of nitrogens with one attached hydrogen (secondary N) is 1. The number of benzene rings is 1. The molecule has 0 bridgehead atoms. The van der Waals surface area contributed by atoms with Crippen LogP contribution in [0.3, 0.4) is 0 Å². The summed E-state index contributed by atoms with van der Waals surface area (Å²) in [5, 5.41) is 13.7. The molecule has 1 fully saturated rings. The van der Waals surface area contributed by atoms with E-state index in [9.17, 15) is 19.5 Å². The normalized spacial score (nSPS) is 16.5. The Hall–Kier alpha value is -2.57. The molecule has 27 heavy (non-hydrogen) atoms. The highest BCUT2D eigenvalue weighted by atomic mass is 16.6. The Balaban J connectivity index is 2.07. The van der Waals surface area contributed by atoms with Crippen LogP contribution in [0.5, 0.6) is 0 Å². The average molecular weight is 375 g/mol. The summed E-state index contributed by atoms with van der Waals surface area (Å²) in [5.41, 5.74) is 0.244. The summed E-state index contributed by atoms with van der Waals surface area (Å²) in [6.45, 7) is 5.93. The van der Waals surface area contributed by atoms with E-state index in [1.54, 1.807) is 25.7 Å². The van der Waals surface area contributed by atoms with Gasteiger partial charge < -0.3 is 24.9 Å². The number of hydrogen-bond donors (Lipinski definition) is 1. The number of likely N-dealkylation sites (tertiary alicyclic amines) is 1. The molecule has 0 unspecified atom stereocenters. The first-order valence-electron chi connectivity index (χ1n) is 9.19. The number of amides is 2. The lowest BCUT2D eigenvalue weighted by molar-refractivity contribution is -0.312. The minimum atomic E-state index is -1.07. The molecule has 2 amide bonds. The van der Waals surface area contributed by atoms with E-state index < -0.39 is 29.6 Å². The lowest BCUT2D eigenvalue weighted by atomic mass is 9.96. The van der Waals surface area contributed by atoms with Gasteiger partial charge in [-0.25, -0.2) is 4.79 Å². The van der Waals surface area contributed by atoms with Gasteiger partial charge in [-0.15, -0.1) is 0 Å². The van der Waals surface area contributed by atoms with Gasteiger partial charge in [-0.2, -0.15) is 0 Å². The Morgan fingerprint density at radius 1 is 1.19 bits per heavy atom. The van der Waals surface area contributed by atoms with Crippen molar-refractivity contribution in [2.45, 2.75) is 51.7 Å². The molecule has 0 radical (unpaired) electrons. The molecule has 0 aromatic heterocycles. The van der Waals surface area contributed by atoms with Gasteiger partial charge in [0, 0.05) is 31.4 Å². The van der Waals surface area contributed by atoms with E-state index in [1.165, 1.54) is 0 Å². The molecule has 0 spiro atoms. The van der Waals surface area contributed by atoms with Crippen LogP contribution in [0.25, 0.3) is 0 Å². The van der Waals surface area contributed by atoms with Crippen molar-refractivity contribution in [3.05, 3.63) is 35.9 Å². The molecule has 1 aliphatic rings. The molecular formula is C20H27N2O5-. The van der Waals surface area contributed by atoms with Gasteiger partial charge in [0.15, 0.2) is 0 Å². The van der Waals surface area contributed by atoms with Gasteiger partial charge in [-0.05, 0) is 39.2 Å². The number of carboxylic acids is 1. The fourth-order valence-corrected chi connectivity index (χ4v) is 3.06. The summed E-state index contributed by atoms with van der Waals surface area (Å²) >= 11 is 0. The molecule has 1 aromatic rings. The van der Waals surface area contributed by atoms with E-state index in [4.69, 9.17) is 4.74 Å². The van der Waals surface area contributed by atoms with E-state index >= 15 is 0 Å². The van der Waals surface area contributed by atoms with Crippen LogP contribution in [-0.4, -0.2) is 47.6 Å². The first-order chi connectivity index (χ1) is 12.7. The van der Waals surface area contributed by atoms with Crippen LogP contribution < -0.4 is 10.4 Å². The van der Waals surface area contributed by atoms with Crippen molar-refractivity contribution < 1.29 is 24.2 Å². The van der Waals surface area contributed by atoms with Crippen LogP contribution >= 0.6 is 0 Å². The van der Waals surface area contributed by atoms with Crippen LogP contribution in [-0.2, 0) is 20.7 Å². The number of ether oxygens (including phenoxy) is 1. The highest BCUT2D eigenvalue weighted by molar-refractivity contribution is 5.86. The SMILES string of the molecule is CC(C)(C)OC(=O)N[C@@H](Cc1ccccc1)C(=O)N1CCC(C(=O)[O-])CC1. The zero-order valence-electron chi connectivity index (χ0n) is 16.1. The Kier molecular flexibility index (Phi) is 6.82. The minimum absolute atomic E-state index is 0.235. The van der Waals surface area contributed by atoms with Gasteiger partial charge in [0.1, 0.15) is 11.6 Å². The molecule has 148 valence electrons. The molecule has 1 atom stereocenters. The van der Waals surface area contributed by atoms with Crippen molar-refractivity contribution in [3.63, 3.8) is 0 Å². The largest absolute Gasteiger partial charge is 0.550 e. The van der Waals surface area contributed by atoms with Gasteiger partial charge in [-0.1, -0.05) is 30.3 Å². The summed E-state index contributed by atoms with van der Waals surface area (Å²) in [5.74, 6) is -1.84. The molecule has 1 saturated heterocycles. The number of rotatable bonds is 5. The quantitative estimate of drug-likeness (QED) is 0.831. The van der Waals surface area contributed by atoms with Crippen molar-refractivity contribution in [2.75, 3.05) is 13.1 Å². The van der Waals surface area contributed by atoms with Crippen LogP contribution in [0.15, 0.2) is 30.3 Å². The lowest BCUT2D eigenvalue weighted by Crippen LogP contribution is -2.53. The molecule has 1 heterocycles. The lowest BCUT2D eigenvalue weighted by Gasteiger charge is -2.35. The molecular weight excluding hydrogens is 348 g/mol. The van der Waals surface area contributed by atoms with Crippen LogP contribution in [0.1, 0.15) is 39.2 Å². The highest BCUT2D eigenvalue weighted by Gasteiger charge is 2.31. The van der Waals surface area contributed by atoms with Gasteiger partial charge in [0.25, 0.3) is 0 Å². The maximum atomic E-state index is 13.0. The predicted octanol–water partition coefficient (Wildman–Crippen LogP) is 1.11. The Bertz CT molecular complexity index is 661. The van der Waals surface area contributed by atoms with E-state index in [2.05, 4.69) is 5.32 Å². The van der Waals surface area contributed by atoms with E-state index in [0.717, 1.165) is 5.56 Å². The minimum Gasteiger partial charge on any atom is -0.550 e. The Morgan fingerprint density at radius 3 is 2.30 bits per heavy atom. The number of carboxylic acid groups (broad SMARTS) is 1. The number of carbonyl (C=O) groups excluding carboxylic acids is 3. The third-order valence-corrected chi connectivity index (χ3v) is 4.41. The summed E-state index contributed by atoms with van der Waals surface area (Å²) in [4.78, 5) is 37.8. The smallest absolute Gasteiger partial charge is 0.408 e. The number of nitrogens with zero attached hydrogens (tertiary/aromatic N) is 1. The molecule has 1 aromatic carbocycles. The van der Waals surface area contributed by atoms with Gasteiger partial charge in [0.05, 0.1) is 0 Å². The first kappa shape index (κ1) is 20.7. The topological polar surface area (TPSA) is 98.8 Å². The zero-order chi connectivity index (χ0) is 20.0. The number of alkyl carbamates (subject to hydrolysis) is 1. The van der Waals surface area contributed by atoms with Crippen molar-refractivity contribution in [3.8, 4) is 0 Å². The maximum Gasteiger partial charge on any atom is 0.408 e. The van der Waals surface area contributed by atoms with Crippen molar-refractivity contribution >= 4 is 18.0 Å². The fourth-order valence-electron chi connectivity index (χ4n) is 3.06.